The van der Waals surface area contributed by atoms with Crippen molar-refractivity contribution in [1.82, 2.24) is 16.0 Å². The minimum Gasteiger partial charge on any atom is -0.497 e. The molecular formula is C23H33IN4O2. The average molecular weight is 524 g/mol. The molecule has 0 saturated heterocycles. The number of nitrogens with zero attached hydrogens (tertiary/aromatic N) is 1. The second-order valence-corrected chi connectivity index (χ2v) is 6.88. The Balaban J connectivity index is 0.00000450. The number of benzene rings is 2. The van der Waals surface area contributed by atoms with Crippen LogP contribution < -0.4 is 20.7 Å². The summed E-state index contributed by atoms with van der Waals surface area (Å²) in [4.78, 5) is 16.8. The van der Waals surface area contributed by atoms with E-state index in [1.54, 1.807) is 7.11 Å². The third-order valence-electron chi connectivity index (χ3n) is 4.59. The number of methoxy groups -OCH3 is 1. The first kappa shape index (κ1) is 25.7. The van der Waals surface area contributed by atoms with Crippen LogP contribution in [0, 0.1) is 0 Å². The molecule has 0 bridgehead atoms. The number of amides is 1. The number of nitrogens with one attached hydrogen (secondary N) is 3. The van der Waals surface area contributed by atoms with Crippen LogP contribution in [0.1, 0.15) is 48.7 Å². The van der Waals surface area contributed by atoms with E-state index in [-0.39, 0.29) is 35.9 Å². The van der Waals surface area contributed by atoms with Gasteiger partial charge in [-0.3, -0.25) is 4.79 Å². The SMILES string of the molecule is CCNC(=NCc1ccc(OC)cc1)NCc1ccc(C(=O)NC(C)CC)cc1.I. The molecule has 0 fully saturated rings. The fourth-order valence-corrected chi connectivity index (χ4v) is 2.61. The molecule has 0 aromatic heterocycles. The molecule has 2 aromatic rings. The number of carbonyl (C=O) groups is 1. The van der Waals surface area contributed by atoms with Gasteiger partial charge in [0, 0.05) is 24.7 Å². The number of rotatable bonds is 9. The molecule has 0 heterocycles. The molecule has 1 amide bonds. The van der Waals surface area contributed by atoms with Crippen LogP contribution in [0.5, 0.6) is 5.75 Å². The highest BCUT2D eigenvalue weighted by Crippen LogP contribution is 2.12. The van der Waals surface area contributed by atoms with Crippen molar-refractivity contribution in [2.45, 2.75) is 46.3 Å². The van der Waals surface area contributed by atoms with Crippen LogP contribution in [-0.2, 0) is 13.1 Å². The first-order chi connectivity index (χ1) is 14.0. The molecule has 1 unspecified atom stereocenters. The zero-order chi connectivity index (χ0) is 21.1. The summed E-state index contributed by atoms with van der Waals surface area (Å²) in [5.41, 5.74) is 2.87. The van der Waals surface area contributed by atoms with Gasteiger partial charge in [0.1, 0.15) is 5.75 Å². The van der Waals surface area contributed by atoms with Crippen LogP contribution in [0.3, 0.4) is 0 Å². The quantitative estimate of drug-likeness (QED) is 0.263. The Morgan fingerprint density at radius 1 is 1.00 bits per heavy atom. The minimum atomic E-state index is -0.0340. The number of ether oxygens (including phenoxy) is 1. The van der Waals surface area contributed by atoms with E-state index >= 15 is 0 Å². The fourth-order valence-electron chi connectivity index (χ4n) is 2.61. The van der Waals surface area contributed by atoms with Gasteiger partial charge in [-0.2, -0.15) is 0 Å². The summed E-state index contributed by atoms with van der Waals surface area (Å²) >= 11 is 0. The molecule has 2 aromatic carbocycles. The number of carbonyl (C=O) groups excluding carboxylic acids is 1. The van der Waals surface area contributed by atoms with Crippen LogP contribution in [0.2, 0.25) is 0 Å². The van der Waals surface area contributed by atoms with Crippen molar-refractivity contribution < 1.29 is 9.53 Å². The monoisotopic (exact) mass is 524 g/mol. The average Bonchev–Trinajstić information content (AvgIpc) is 2.76. The molecule has 0 aliphatic heterocycles. The lowest BCUT2D eigenvalue weighted by Gasteiger charge is -2.13. The summed E-state index contributed by atoms with van der Waals surface area (Å²) < 4.78 is 5.18. The first-order valence-corrected chi connectivity index (χ1v) is 10.1. The van der Waals surface area contributed by atoms with Crippen molar-refractivity contribution in [3.63, 3.8) is 0 Å². The van der Waals surface area contributed by atoms with Gasteiger partial charge in [0.2, 0.25) is 0 Å². The number of aliphatic imine (C=N–C) groups is 1. The maximum absolute atomic E-state index is 12.2. The third kappa shape index (κ3) is 8.61. The van der Waals surface area contributed by atoms with Crippen LogP contribution in [-0.4, -0.2) is 31.6 Å². The molecule has 0 aliphatic carbocycles. The highest BCUT2D eigenvalue weighted by atomic mass is 127. The summed E-state index contributed by atoms with van der Waals surface area (Å²) in [6.45, 7) is 8.08. The van der Waals surface area contributed by atoms with Gasteiger partial charge in [-0.15, -0.1) is 24.0 Å². The van der Waals surface area contributed by atoms with E-state index < -0.39 is 0 Å². The van der Waals surface area contributed by atoms with Crippen molar-refractivity contribution in [3.05, 3.63) is 65.2 Å². The highest BCUT2D eigenvalue weighted by molar-refractivity contribution is 14.0. The van der Waals surface area contributed by atoms with Crippen molar-refractivity contribution in [2.75, 3.05) is 13.7 Å². The lowest BCUT2D eigenvalue weighted by atomic mass is 10.1. The van der Waals surface area contributed by atoms with Crippen molar-refractivity contribution in [1.29, 1.82) is 0 Å². The smallest absolute Gasteiger partial charge is 0.251 e. The van der Waals surface area contributed by atoms with Gasteiger partial charge in [0.05, 0.1) is 13.7 Å². The Morgan fingerprint density at radius 2 is 1.63 bits per heavy atom. The standard InChI is InChI=1S/C23H32N4O2.HI/c1-5-17(3)27-22(28)20-11-7-18(8-12-20)15-25-23(24-6-2)26-16-19-9-13-21(29-4)14-10-19;/h7-14,17H,5-6,15-16H2,1-4H3,(H,27,28)(H2,24,25,26);1H. The maximum Gasteiger partial charge on any atom is 0.251 e. The number of halogens is 1. The van der Waals surface area contributed by atoms with Crippen molar-refractivity contribution >= 4 is 35.8 Å². The summed E-state index contributed by atoms with van der Waals surface area (Å²) in [7, 11) is 1.66. The molecule has 164 valence electrons. The third-order valence-corrected chi connectivity index (χ3v) is 4.59. The Hall–Kier alpha value is -2.29. The molecule has 6 nitrogen and oxygen atoms in total. The zero-order valence-corrected chi connectivity index (χ0v) is 20.5. The Labute approximate surface area is 196 Å². The maximum atomic E-state index is 12.2. The van der Waals surface area contributed by atoms with Gasteiger partial charge in [0.25, 0.3) is 5.91 Å². The molecule has 0 radical (unpaired) electrons. The molecule has 0 saturated carbocycles. The lowest BCUT2D eigenvalue weighted by molar-refractivity contribution is 0.0939. The van der Waals surface area contributed by atoms with Crippen LogP contribution in [0.15, 0.2) is 53.5 Å². The van der Waals surface area contributed by atoms with Crippen LogP contribution in [0.4, 0.5) is 0 Å². The molecule has 0 spiro atoms. The summed E-state index contributed by atoms with van der Waals surface area (Å²) in [5.74, 6) is 1.55. The van der Waals surface area contributed by atoms with Gasteiger partial charge >= 0.3 is 0 Å². The van der Waals surface area contributed by atoms with Crippen molar-refractivity contribution in [2.24, 2.45) is 4.99 Å². The molecule has 2 rings (SSSR count). The molecule has 1 atom stereocenters. The van der Waals surface area contributed by atoms with E-state index in [1.807, 2.05) is 62.4 Å². The summed E-state index contributed by atoms with van der Waals surface area (Å²) in [6, 6.07) is 15.7. The molecule has 0 aliphatic rings. The Bertz CT molecular complexity index is 792. The van der Waals surface area contributed by atoms with E-state index in [0.29, 0.717) is 18.7 Å². The number of hydrogen-bond donors (Lipinski definition) is 3. The second kappa shape index (κ2) is 13.8. The van der Waals surface area contributed by atoms with E-state index in [0.717, 1.165) is 35.8 Å². The summed E-state index contributed by atoms with van der Waals surface area (Å²) in [5, 5.41) is 9.57. The lowest BCUT2D eigenvalue weighted by Crippen LogP contribution is -2.36. The normalized spacial score (nSPS) is 11.8. The van der Waals surface area contributed by atoms with Crippen LogP contribution >= 0.6 is 24.0 Å². The van der Waals surface area contributed by atoms with Gasteiger partial charge in [-0.25, -0.2) is 4.99 Å². The minimum absolute atomic E-state index is 0. The molecular weight excluding hydrogens is 491 g/mol. The van der Waals surface area contributed by atoms with E-state index in [9.17, 15) is 4.79 Å². The van der Waals surface area contributed by atoms with Gasteiger partial charge in [-0.05, 0) is 55.7 Å². The number of hydrogen-bond acceptors (Lipinski definition) is 3. The fraction of sp³-hybridized carbons (Fsp3) is 0.391. The zero-order valence-electron chi connectivity index (χ0n) is 18.2. The van der Waals surface area contributed by atoms with Gasteiger partial charge in [0.15, 0.2) is 5.96 Å². The van der Waals surface area contributed by atoms with E-state index in [2.05, 4.69) is 27.9 Å². The second-order valence-electron chi connectivity index (χ2n) is 6.88. The first-order valence-electron chi connectivity index (χ1n) is 10.1. The molecule has 30 heavy (non-hydrogen) atoms. The van der Waals surface area contributed by atoms with Crippen LogP contribution in [0.25, 0.3) is 0 Å². The van der Waals surface area contributed by atoms with E-state index in [4.69, 9.17) is 4.74 Å². The predicted octanol–water partition coefficient (Wildman–Crippen LogP) is 4.10. The Morgan fingerprint density at radius 3 is 2.20 bits per heavy atom. The van der Waals surface area contributed by atoms with Crippen molar-refractivity contribution in [3.8, 4) is 5.75 Å². The highest BCUT2D eigenvalue weighted by Gasteiger charge is 2.08. The topological polar surface area (TPSA) is 74.8 Å². The summed E-state index contributed by atoms with van der Waals surface area (Å²) in [6.07, 6.45) is 0.914. The number of guanidine groups is 1. The largest absolute Gasteiger partial charge is 0.497 e. The van der Waals surface area contributed by atoms with Gasteiger partial charge in [-0.1, -0.05) is 31.2 Å². The molecule has 3 N–H and O–H groups in total. The van der Waals surface area contributed by atoms with E-state index in [1.165, 1.54) is 0 Å². The van der Waals surface area contributed by atoms with Gasteiger partial charge < -0.3 is 20.7 Å². The molecule has 7 heteroatoms. The predicted molar refractivity (Wildman–Crippen MR) is 134 cm³/mol. The Kier molecular flexibility index (Phi) is 11.9.